The highest BCUT2D eigenvalue weighted by Gasteiger charge is 2.18. The lowest BCUT2D eigenvalue weighted by Gasteiger charge is -2.29. The van der Waals surface area contributed by atoms with E-state index in [0.717, 1.165) is 25.1 Å². The average Bonchev–Trinajstić information content (AvgIpc) is 2.63. The van der Waals surface area contributed by atoms with E-state index in [-0.39, 0.29) is 6.54 Å². The van der Waals surface area contributed by atoms with Gasteiger partial charge in [-0.25, -0.2) is 0 Å². The fraction of sp³-hybridized carbons (Fsp3) is 0.579. The Hall–Kier alpha value is -1.72. The quantitative estimate of drug-likeness (QED) is 0.840. The van der Waals surface area contributed by atoms with Crippen molar-refractivity contribution in [1.29, 1.82) is 0 Å². The highest BCUT2D eigenvalue weighted by atomic mass is 16.1. The van der Waals surface area contributed by atoms with Crippen LogP contribution in [-0.4, -0.2) is 58.4 Å². The van der Waals surface area contributed by atoms with E-state index in [1.807, 2.05) is 40.1 Å². The van der Waals surface area contributed by atoms with Crippen LogP contribution >= 0.6 is 0 Å². The minimum atomic E-state index is 0.108. The Morgan fingerprint density at radius 2 is 1.62 bits per heavy atom. The third kappa shape index (κ3) is 7.70. The SMILES string of the molecule is CC.CN1CCC(c2ccc(N(C=O)CC=O)cc2)CC1.CNC. The zero-order chi connectivity index (χ0) is 18.4. The lowest BCUT2D eigenvalue weighted by Crippen LogP contribution is -2.29. The van der Waals surface area contributed by atoms with Crippen molar-refractivity contribution in [3.63, 3.8) is 0 Å². The number of carbonyl (C=O) groups excluding carboxylic acids is 2. The third-order valence-electron chi connectivity index (χ3n) is 3.81. The molecule has 1 aliphatic heterocycles. The van der Waals surface area contributed by atoms with Gasteiger partial charge in [-0.05, 0) is 70.7 Å². The predicted octanol–water partition coefficient (Wildman–Crippen LogP) is 2.52. The van der Waals surface area contributed by atoms with Crippen LogP contribution in [0.2, 0.25) is 0 Å². The highest BCUT2D eigenvalue weighted by Crippen LogP contribution is 2.28. The molecule has 1 N–H and O–H groups in total. The van der Waals surface area contributed by atoms with E-state index in [4.69, 9.17) is 0 Å². The van der Waals surface area contributed by atoms with Gasteiger partial charge in [0.25, 0.3) is 0 Å². The van der Waals surface area contributed by atoms with Gasteiger partial charge in [0, 0.05) is 5.69 Å². The third-order valence-corrected chi connectivity index (χ3v) is 3.81. The molecule has 0 aromatic heterocycles. The minimum absolute atomic E-state index is 0.108. The molecule has 0 saturated carbocycles. The van der Waals surface area contributed by atoms with Crippen LogP contribution < -0.4 is 10.2 Å². The van der Waals surface area contributed by atoms with E-state index in [0.29, 0.717) is 12.3 Å². The summed E-state index contributed by atoms with van der Waals surface area (Å²) in [5, 5.41) is 2.75. The fourth-order valence-electron chi connectivity index (χ4n) is 2.57. The maximum atomic E-state index is 10.9. The number of rotatable bonds is 5. The van der Waals surface area contributed by atoms with E-state index in [1.54, 1.807) is 0 Å². The molecule has 0 radical (unpaired) electrons. The van der Waals surface area contributed by atoms with Gasteiger partial charge in [0.15, 0.2) is 0 Å². The summed E-state index contributed by atoms with van der Waals surface area (Å²) in [6.45, 7) is 6.38. The Morgan fingerprint density at radius 1 is 1.12 bits per heavy atom. The summed E-state index contributed by atoms with van der Waals surface area (Å²) in [5.41, 5.74) is 2.10. The van der Waals surface area contributed by atoms with E-state index < -0.39 is 0 Å². The van der Waals surface area contributed by atoms with E-state index >= 15 is 0 Å². The number of benzene rings is 1. The van der Waals surface area contributed by atoms with Gasteiger partial charge in [0.2, 0.25) is 6.41 Å². The molecule has 136 valence electrons. The molecule has 5 heteroatoms. The molecule has 5 nitrogen and oxygen atoms in total. The Morgan fingerprint density at radius 3 is 2.04 bits per heavy atom. The molecule has 0 atom stereocenters. The number of aldehydes is 1. The molecule has 0 spiro atoms. The van der Waals surface area contributed by atoms with Gasteiger partial charge in [-0.15, -0.1) is 0 Å². The Kier molecular flexibility index (Phi) is 12.7. The number of anilines is 1. The summed E-state index contributed by atoms with van der Waals surface area (Å²) in [6.07, 6.45) is 3.79. The molecule has 1 amide bonds. The molecule has 1 heterocycles. The predicted molar refractivity (Wildman–Crippen MR) is 102 cm³/mol. The second kappa shape index (κ2) is 13.7. The van der Waals surface area contributed by atoms with Crippen molar-refractivity contribution in [2.24, 2.45) is 0 Å². The average molecular weight is 335 g/mol. The van der Waals surface area contributed by atoms with Crippen molar-refractivity contribution < 1.29 is 9.59 Å². The molecule has 2 rings (SSSR count). The summed E-state index contributed by atoms with van der Waals surface area (Å²) in [7, 11) is 5.90. The van der Waals surface area contributed by atoms with Crippen LogP contribution in [0.25, 0.3) is 0 Å². The molecule has 1 fully saturated rings. The van der Waals surface area contributed by atoms with Crippen molar-refractivity contribution in [2.45, 2.75) is 32.6 Å². The molecule has 0 unspecified atom stereocenters. The summed E-state index contributed by atoms with van der Waals surface area (Å²) in [6, 6.07) is 8.00. The standard InChI is InChI=1S/C15H20N2O2.C2H7N.C2H6/c1-16-8-6-14(7-9-16)13-2-4-15(5-3-13)17(12-19)10-11-18;1-3-2;1-2/h2-5,11-12,14H,6-10H2,1H3;3H,1-2H3;1-2H3. The van der Waals surface area contributed by atoms with E-state index in [2.05, 4.69) is 29.4 Å². The summed E-state index contributed by atoms with van der Waals surface area (Å²) in [4.78, 5) is 25.1. The first kappa shape index (κ1) is 22.3. The van der Waals surface area contributed by atoms with Gasteiger partial charge in [-0.1, -0.05) is 26.0 Å². The zero-order valence-corrected chi connectivity index (χ0v) is 15.8. The number of hydrogen-bond acceptors (Lipinski definition) is 4. The number of hydrogen-bond donors (Lipinski definition) is 1. The van der Waals surface area contributed by atoms with Gasteiger partial charge in [0.1, 0.15) is 6.29 Å². The van der Waals surface area contributed by atoms with Crippen LogP contribution in [0.4, 0.5) is 5.69 Å². The van der Waals surface area contributed by atoms with Crippen molar-refractivity contribution >= 4 is 18.4 Å². The normalized spacial score (nSPS) is 14.5. The van der Waals surface area contributed by atoms with Gasteiger partial charge >= 0.3 is 0 Å². The lowest BCUT2D eigenvalue weighted by molar-refractivity contribution is -0.111. The first-order valence-electron chi connectivity index (χ1n) is 8.68. The molecule has 1 saturated heterocycles. The van der Waals surface area contributed by atoms with Crippen molar-refractivity contribution in [3.8, 4) is 0 Å². The molecule has 0 aliphatic carbocycles. The number of amides is 1. The van der Waals surface area contributed by atoms with Gasteiger partial charge < -0.3 is 19.9 Å². The summed E-state index contributed by atoms with van der Waals surface area (Å²) in [5.74, 6) is 0.612. The van der Waals surface area contributed by atoms with Crippen LogP contribution in [0, 0.1) is 0 Å². The highest BCUT2D eigenvalue weighted by molar-refractivity contribution is 5.80. The zero-order valence-electron chi connectivity index (χ0n) is 15.8. The monoisotopic (exact) mass is 335 g/mol. The van der Waals surface area contributed by atoms with E-state index in [1.165, 1.54) is 23.3 Å². The number of nitrogens with zero attached hydrogens (tertiary/aromatic N) is 2. The molecule has 24 heavy (non-hydrogen) atoms. The smallest absolute Gasteiger partial charge is 0.214 e. The molecular formula is C19H33N3O2. The summed E-state index contributed by atoms with van der Waals surface area (Å²) < 4.78 is 0. The minimum Gasteiger partial charge on any atom is -0.323 e. The Labute approximate surface area is 147 Å². The van der Waals surface area contributed by atoms with Crippen molar-refractivity contribution in [3.05, 3.63) is 29.8 Å². The van der Waals surface area contributed by atoms with Crippen molar-refractivity contribution in [2.75, 3.05) is 45.7 Å². The van der Waals surface area contributed by atoms with Crippen molar-refractivity contribution in [1.82, 2.24) is 10.2 Å². The maximum Gasteiger partial charge on any atom is 0.214 e. The van der Waals surface area contributed by atoms with Crippen LogP contribution in [0.3, 0.4) is 0 Å². The van der Waals surface area contributed by atoms with Gasteiger partial charge in [-0.3, -0.25) is 4.79 Å². The number of likely N-dealkylation sites (tertiary alicyclic amines) is 1. The Bertz CT molecular complexity index is 440. The first-order valence-corrected chi connectivity index (χ1v) is 8.68. The van der Waals surface area contributed by atoms with Gasteiger partial charge in [-0.2, -0.15) is 0 Å². The second-order valence-electron chi connectivity index (χ2n) is 5.59. The topological polar surface area (TPSA) is 52.7 Å². The van der Waals surface area contributed by atoms with Crippen LogP contribution in [-0.2, 0) is 9.59 Å². The number of piperidine rings is 1. The number of nitrogens with one attached hydrogen (secondary N) is 1. The molecule has 1 aromatic rings. The maximum absolute atomic E-state index is 10.9. The molecule has 1 aliphatic rings. The van der Waals surface area contributed by atoms with Crippen LogP contribution in [0.1, 0.15) is 38.2 Å². The lowest BCUT2D eigenvalue weighted by atomic mass is 9.89. The molecule has 1 aromatic carbocycles. The van der Waals surface area contributed by atoms with Gasteiger partial charge in [0.05, 0.1) is 6.54 Å². The largest absolute Gasteiger partial charge is 0.323 e. The second-order valence-corrected chi connectivity index (χ2v) is 5.59. The van der Waals surface area contributed by atoms with Crippen LogP contribution in [0.15, 0.2) is 24.3 Å². The first-order chi connectivity index (χ1) is 11.7. The van der Waals surface area contributed by atoms with E-state index in [9.17, 15) is 9.59 Å². The summed E-state index contributed by atoms with van der Waals surface area (Å²) >= 11 is 0. The number of carbonyl (C=O) groups is 2. The van der Waals surface area contributed by atoms with Crippen LogP contribution in [0.5, 0.6) is 0 Å². The Balaban J connectivity index is 0.000000952. The molecule has 0 bridgehead atoms. The fourth-order valence-corrected chi connectivity index (χ4v) is 2.57. The molecular weight excluding hydrogens is 302 g/mol.